The van der Waals surface area contributed by atoms with Gasteiger partial charge in [0.05, 0.1) is 11.4 Å². The summed E-state index contributed by atoms with van der Waals surface area (Å²) in [7, 11) is 0. The van der Waals surface area contributed by atoms with Crippen LogP contribution in [0.1, 0.15) is 44.1 Å². The molecule has 7 heteroatoms. The molecule has 0 radical (unpaired) electrons. The topological polar surface area (TPSA) is 88.9 Å². The highest BCUT2D eigenvalue weighted by atomic mass is 16.2. The van der Waals surface area contributed by atoms with Gasteiger partial charge in [0, 0.05) is 55.1 Å². The van der Waals surface area contributed by atoms with E-state index in [0.29, 0.717) is 13.1 Å². The Bertz CT molecular complexity index is 1030. The van der Waals surface area contributed by atoms with E-state index in [2.05, 4.69) is 15.6 Å². The first kappa shape index (κ1) is 21.7. The number of aromatic nitrogens is 3. The predicted octanol–water partition coefficient (Wildman–Crippen LogP) is 3.64. The Hall–Kier alpha value is -3.48. The first-order valence-electron chi connectivity index (χ1n) is 11.3. The highest BCUT2D eigenvalue weighted by Crippen LogP contribution is 2.24. The zero-order valence-electron chi connectivity index (χ0n) is 18.2. The third-order valence-electron chi connectivity index (χ3n) is 5.87. The number of hydrogen-bond acceptors (Lipinski definition) is 4. The molecule has 2 N–H and O–H groups in total. The summed E-state index contributed by atoms with van der Waals surface area (Å²) in [5, 5.41) is 10.6. The highest BCUT2D eigenvalue weighted by Gasteiger charge is 2.20. The van der Waals surface area contributed by atoms with Gasteiger partial charge in [0.25, 0.3) is 0 Å². The third-order valence-corrected chi connectivity index (χ3v) is 5.87. The Morgan fingerprint density at radius 2 is 1.72 bits per heavy atom. The SMILES string of the molecule is O=C(CCNC(=O)C1CCCCC1)NCc1cn(-c2ccccc2)nc1-c1ccncc1. The standard InChI is InChI=1S/C25H29N5O2/c31-23(13-16-27-25(32)20-7-3-1-4-8-20)28-17-21-18-30(22-9-5-2-6-10-22)29-24(21)19-11-14-26-15-12-19/h2,5-6,9-12,14-15,18,20H,1,3-4,7-8,13,16-17H2,(H,27,32)(H,28,31). The van der Waals surface area contributed by atoms with Crippen LogP contribution in [0, 0.1) is 5.92 Å². The third kappa shape index (κ3) is 5.60. The van der Waals surface area contributed by atoms with Crippen LogP contribution in [0.5, 0.6) is 0 Å². The van der Waals surface area contributed by atoms with Gasteiger partial charge in [0.1, 0.15) is 0 Å². The number of nitrogens with one attached hydrogen (secondary N) is 2. The fourth-order valence-electron chi connectivity index (χ4n) is 4.10. The van der Waals surface area contributed by atoms with Crippen molar-refractivity contribution in [3.63, 3.8) is 0 Å². The highest BCUT2D eigenvalue weighted by molar-refractivity contribution is 5.80. The average Bonchev–Trinajstić information content (AvgIpc) is 3.29. The van der Waals surface area contributed by atoms with Crippen molar-refractivity contribution < 1.29 is 9.59 Å². The molecule has 1 aliphatic rings. The maximum Gasteiger partial charge on any atom is 0.223 e. The largest absolute Gasteiger partial charge is 0.355 e. The van der Waals surface area contributed by atoms with Crippen molar-refractivity contribution in [3.05, 3.63) is 66.6 Å². The molecule has 1 saturated carbocycles. The summed E-state index contributed by atoms with van der Waals surface area (Å²) < 4.78 is 1.82. The molecule has 32 heavy (non-hydrogen) atoms. The molecule has 2 amide bonds. The molecule has 3 aromatic rings. The van der Waals surface area contributed by atoms with Crippen molar-refractivity contribution >= 4 is 11.8 Å². The van der Waals surface area contributed by atoms with Crippen LogP contribution in [0.25, 0.3) is 16.9 Å². The first-order chi connectivity index (χ1) is 15.7. The quantitative estimate of drug-likeness (QED) is 0.570. The maximum atomic E-state index is 12.4. The Balaban J connectivity index is 1.36. The fraction of sp³-hybridized carbons (Fsp3) is 0.360. The van der Waals surface area contributed by atoms with E-state index in [1.54, 1.807) is 12.4 Å². The summed E-state index contributed by atoms with van der Waals surface area (Å²) in [5.41, 5.74) is 3.62. The molecular weight excluding hydrogens is 402 g/mol. The van der Waals surface area contributed by atoms with Crippen LogP contribution in [-0.4, -0.2) is 33.1 Å². The van der Waals surface area contributed by atoms with E-state index >= 15 is 0 Å². The lowest BCUT2D eigenvalue weighted by atomic mass is 9.89. The van der Waals surface area contributed by atoms with Gasteiger partial charge in [-0.3, -0.25) is 14.6 Å². The van der Waals surface area contributed by atoms with E-state index in [1.165, 1.54) is 6.42 Å². The number of nitrogens with zero attached hydrogens (tertiary/aromatic N) is 3. The minimum absolute atomic E-state index is 0.0848. The van der Waals surface area contributed by atoms with Crippen molar-refractivity contribution in [2.24, 2.45) is 5.92 Å². The zero-order chi connectivity index (χ0) is 22.2. The molecule has 0 atom stereocenters. The maximum absolute atomic E-state index is 12.4. The molecule has 0 bridgehead atoms. The van der Waals surface area contributed by atoms with Crippen LogP contribution < -0.4 is 10.6 Å². The summed E-state index contributed by atoms with van der Waals surface area (Å²) in [5.74, 6) is 0.0993. The number of rotatable bonds is 8. The number of carbonyl (C=O) groups excluding carboxylic acids is 2. The van der Waals surface area contributed by atoms with Gasteiger partial charge in [0.2, 0.25) is 11.8 Å². The molecule has 2 heterocycles. The van der Waals surface area contributed by atoms with E-state index < -0.39 is 0 Å². The molecule has 0 spiro atoms. The molecular formula is C25H29N5O2. The molecule has 166 valence electrons. The molecule has 0 saturated heterocycles. The first-order valence-corrected chi connectivity index (χ1v) is 11.3. The van der Waals surface area contributed by atoms with Gasteiger partial charge in [0.15, 0.2) is 0 Å². The number of amides is 2. The molecule has 1 fully saturated rings. The van der Waals surface area contributed by atoms with Crippen LogP contribution >= 0.6 is 0 Å². The van der Waals surface area contributed by atoms with Gasteiger partial charge in [-0.2, -0.15) is 5.10 Å². The molecule has 0 aliphatic heterocycles. The number of hydrogen-bond donors (Lipinski definition) is 2. The lowest BCUT2D eigenvalue weighted by Crippen LogP contribution is -2.35. The van der Waals surface area contributed by atoms with Gasteiger partial charge >= 0.3 is 0 Å². The molecule has 1 aromatic carbocycles. The molecule has 2 aromatic heterocycles. The average molecular weight is 432 g/mol. The minimum Gasteiger partial charge on any atom is -0.355 e. The molecule has 0 unspecified atom stereocenters. The van der Waals surface area contributed by atoms with Crippen LogP contribution in [0.4, 0.5) is 0 Å². The smallest absolute Gasteiger partial charge is 0.223 e. The number of carbonyl (C=O) groups is 2. The van der Waals surface area contributed by atoms with Crippen LogP contribution in [0.3, 0.4) is 0 Å². The normalized spacial score (nSPS) is 14.1. The van der Waals surface area contributed by atoms with Crippen LogP contribution in [0.2, 0.25) is 0 Å². The predicted molar refractivity (Wildman–Crippen MR) is 123 cm³/mol. The Kier molecular flexibility index (Phi) is 7.27. The number of benzene rings is 1. The Labute approximate surface area is 188 Å². The van der Waals surface area contributed by atoms with Gasteiger partial charge in [-0.25, -0.2) is 4.68 Å². The summed E-state index contributed by atoms with van der Waals surface area (Å²) in [6.45, 7) is 0.724. The zero-order valence-corrected chi connectivity index (χ0v) is 18.2. The summed E-state index contributed by atoms with van der Waals surface area (Å²) in [6, 6.07) is 13.7. The summed E-state index contributed by atoms with van der Waals surface area (Å²) in [6.07, 6.45) is 11.0. The van der Waals surface area contributed by atoms with Gasteiger partial charge in [-0.05, 0) is 37.1 Å². The summed E-state index contributed by atoms with van der Waals surface area (Å²) >= 11 is 0. The second-order valence-electron chi connectivity index (χ2n) is 8.17. The second-order valence-corrected chi connectivity index (χ2v) is 8.17. The van der Waals surface area contributed by atoms with E-state index in [9.17, 15) is 9.59 Å². The van der Waals surface area contributed by atoms with Crippen LogP contribution in [0.15, 0.2) is 61.1 Å². The van der Waals surface area contributed by atoms with Crippen molar-refractivity contribution in [3.8, 4) is 16.9 Å². The summed E-state index contributed by atoms with van der Waals surface area (Å²) in [4.78, 5) is 28.7. The lowest BCUT2D eigenvalue weighted by Gasteiger charge is -2.20. The van der Waals surface area contributed by atoms with Crippen molar-refractivity contribution in [2.75, 3.05) is 6.54 Å². The van der Waals surface area contributed by atoms with E-state index in [0.717, 1.165) is 48.2 Å². The van der Waals surface area contributed by atoms with Gasteiger partial charge in [-0.15, -0.1) is 0 Å². The van der Waals surface area contributed by atoms with Gasteiger partial charge < -0.3 is 10.6 Å². The fourth-order valence-corrected chi connectivity index (χ4v) is 4.10. The second kappa shape index (κ2) is 10.7. The Morgan fingerprint density at radius 3 is 2.47 bits per heavy atom. The Morgan fingerprint density at radius 1 is 0.969 bits per heavy atom. The van der Waals surface area contributed by atoms with Gasteiger partial charge in [-0.1, -0.05) is 37.5 Å². The van der Waals surface area contributed by atoms with E-state index in [4.69, 9.17) is 5.10 Å². The molecule has 4 rings (SSSR count). The number of pyridine rings is 1. The number of para-hydroxylation sites is 1. The van der Waals surface area contributed by atoms with Crippen molar-refractivity contribution in [1.29, 1.82) is 0 Å². The van der Waals surface area contributed by atoms with E-state index in [1.807, 2.05) is 53.3 Å². The van der Waals surface area contributed by atoms with E-state index in [-0.39, 0.29) is 24.2 Å². The molecule has 1 aliphatic carbocycles. The van der Waals surface area contributed by atoms with Crippen molar-refractivity contribution in [1.82, 2.24) is 25.4 Å². The van der Waals surface area contributed by atoms with Crippen LogP contribution in [-0.2, 0) is 16.1 Å². The lowest BCUT2D eigenvalue weighted by molar-refractivity contribution is -0.126. The van der Waals surface area contributed by atoms with Crippen molar-refractivity contribution in [2.45, 2.75) is 45.1 Å². The molecule has 7 nitrogen and oxygen atoms in total. The monoisotopic (exact) mass is 431 g/mol. The minimum atomic E-state index is -0.0953.